The molecule has 2 saturated heterocycles. The maximum Gasteiger partial charge on any atom is 0.473 e. The van der Waals surface area contributed by atoms with Crippen molar-refractivity contribution in [3.05, 3.63) is 33.1 Å². The van der Waals surface area contributed by atoms with Crippen molar-refractivity contribution in [2.45, 2.75) is 48.8 Å². The van der Waals surface area contributed by atoms with Crippen LogP contribution >= 0.6 is 7.82 Å². The van der Waals surface area contributed by atoms with E-state index in [-0.39, 0.29) is 13.2 Å². The highest BCUT2D eigenvalue weighted by Gasteiger charge is 2.82. The van der Waals surface area contributed by atoms with Gasteiger partial charge in [0, 0.05) is 39.5 Å². The van der Waals surface area contributed by atoms with Crippen LogP contribution in [-0.2, 0) is 32.6 Å². The van der Waals surface area contributed by atoms with Crippen molar-refractivity contribution in [3.8, 4) is 0 Å². The van der Waals surface area contributed by atoms with Crippen LogP contribution in [0, 0.1) is 0 Å². The highest BCUT2D eigenvalue weighted by Crippen LogP contribution is 2.65. The molecule has 3 N–H and O–H groups in total. The number of ether oxygens (including phenoxy) is 4. The van der Waals surface area contributed by atoms with Gasteiger partial charge < -0.3 is 28.9 Å². The summed E-state index contributed by atoms with van der Waals surface area (Å²) < 4.78 is 46.5. The minimum atomic E-state index is -4.68. The van der Waals surface area contributed by atoms with Crippen LogP contribution in [0.5, 0.6) is 0 Å². The molecule has 13 nitrogen and oxygen atoms in total. The molecule has 3 heterocycles. The molecule has 1 aromatic rings. The molecule has 0 spiro atoms. The number of fused-ring (bicyclic) bond motifs is 1. The molecule has 14 heteroatoms. The minimum absolute atomic E-state index is 0.269. The van der Waals surface area contributed by atoms with Crippen molar-refractivity contribution in [2.75, 3.05) is 27.4 Å². The standard InChI is InChI=1S/C16H23N2O11P/c1-24-11-12-16(11,29-30(22,23)28-8-4-6-26-9(8)7-19)13(25-2)14(27-12)18-5-3-10(20)17-15(18)21/h3,5,8-9,11-14,19H,4,6-7H2,1-2H3,(H,22,23)(H,17,20,21)/t8-,9+,11?,12+,13-,14+,16+/m0/s1. The molecule has 8 atom stereocenters. The first-order chi connectivity index (χ1) is 14.3. The highest BCUT2D eigenvalue weighted by atomic mass is 31.2. The Balaban J connectivity index is 1.59. The van der Waals surface area contributed by atoms with Gasteiger partial charge in [0.25, 0.3) is 5.56 Å². The maximum absolute atomic E-state index is 12.8. The normalized spacial score (nSPS) is 39.6. The number of aromatic amines is 1. The summed E-state index contributed by atoms with van der Waals surface area (Å²) in [6.07, 6.45) is -3.70. The van der Waals surface area contributed by atoms with Crippen LogP contribution in [0.2, 0.25) is 0 Å². The largest absolute Gasteiger partial charge is 0.473 e. The second-order valence-corrected chi connectivity index (χ2v) is 8.55. The van der Waals surface area contributed by atoms with Crippen LogP contribution in [0.25, 0.3) is 0 Å². The first kappa shape index (κ1) is 21.8. The van der Waals surface area contributed by atoms with Crippen LogP contribution in [0.15, 0.2) is 21.9 Å². The first-order valence-electron chi connectivity index (χ1n) is 9.24. The predicted octanol–water partition coefficient (Wildman–Crippen LogP) is -1.50. The van der Waals surface area contributed by atoms with Crippen molar-refractivity contribution >= 4 is 7.82 Å². The molecule has 1 saturated carbocycles. The number of phosphoric ester groups is 1. The van der Waals surface area contributed by atoms with E-state index in [2.05, 4.69) is 4.98 Å². The topological polar surface area (TPSA) is 168 Å². The summed E-state index contributed by atoms with van der Waals surface area (Å²) in [5, 5.41) is 9.31. The lowest BCUT2D eigenvalue weighted by molar-refractivity contribution is -0.119. The maximum atomic E-state index is 12.8. The smallest absolute Gasteiger partial charge is 0.394 e. The van der Waals surface area contributed by atoms with Crippen LogP contribution in [0.4, 0.5) is 0 Å². The van der Waals surface area contributed by atoms with Gasteiger partial charge in [-0.1, -0.05) is 0 Å². The third-order valence-electron chi connectivity index (χ3n) is 5.55. The molecule has 168 valence electrons. The summed E-state index contributed by atoms with van der Waals surface area (Å²) in [5.74, 6) is 0. The van der Waals surface area contributed by atoms with Gasteiger partial charge >= 0.3 is 13.5 Å². The summed E-state index contributed by atoms with van der Waals surface area (Å²) in [6.45, 7) is -0.106. The third kappa shape index (κ3) is 3.49. The Hall–Kier alpha value is -1.41. The fourth-order valence-electron chi connectivity index (χ4n) is 4.18. The first-order valence-corrected chi connectivity index (χ1v) is 10.7. The second-order valence-electron chi connectivity index (χ2n) is 7.22. The average Bonchev–Trinajstić information content (AvgIpc) is 2.96. The molecular formula is C16H23N2O11P. The van der Waals surface area contributed by atoms with Crippen molar-refractivity contribution in [2.24, 2.45) is 0 Å². The monoisotopic (exact) mass is 450 g/mol. The number of aliphatic hydroxyl groups is 1. The molecule has 30 heavy (non-hydrogen) atoms. The lowest BCUT2D eigenvalue weighted by atomic mass is 10.1. The van der Waals surface area contributed by atoms with Crippen LogP contribution in [-0.4, -0.2) is 83.1 Å². The summed E-state index contributed by atoms with van der Waals surface area (Å²) in [6, 6.07) is 1.14. The van der Waals surface area contributed by atoms with Gasteiger partial charge in [-0.15, -0.1) is 0 Å². The van der Waals surface area contributed by atoms with Crippen LogP contribution in [0.3, 0.4) is 0 Å². The minimum Gasteiger partial charge on any atom is -0.394 e. The average molecular weight is 450 g/mol. The number of nitrogens with zero attached hydrogens (tertiary/aromatic N) is 1. The fourth-order valence-corrected chi connectivity index (χ4v) is 5.52. The van der Waals surface area contributed by atoms with E-state index < -0.39 is 61.4 Å². The number of nitrogens with one attached hydrogen (secondary N) is 1. The molecule has 2 unspecified atom stereocenters. The molecule has 1 aliphatic carbocycles. The van der Waals surface area contributed by atoms with E-state index in [9.17, 15) is 24.2 Å². The van der Waals surface area contributed by atoms with Gasteiger partial charge in [-0.05, 0) is 0 Å². The van der Waals surface area contributed by atoms with Gasteiger partial charge in [0.15, 0.2) is 11.8 Å². The molecule has 3 aliphatic rings. The number of methoxy groups -OCH3 is 2. The Bertz CT molecular complexity index is 950. The van der Waals surface area contributed by atoms with Crippen molar-refractivity contribution in [1.82, 2.24) is 9.55 Å². The summed E-state index contributed by atoms with van der Waals surface area (Å²) >= 11 is 0. The molecule has 4 rings (SSSR count). The molecule has 0 radical (unpaired) electrons. The van der Waals surface area contributed by atoms with E-state index in [0.717, 1.165) is 10.6 Å². The number of hydrogen-bond donors (Lipinski definition) is 3. The zero-order valence-corrected chi connectivity index (χ0v) is 17.1. The quantitative estimate of drug-likeness (QED) is 0.394. The zero-order valence-electron chi connectivity index (χ0n) is 16.2. The lowest BCUT2D eigenvalue weighted by Crippen LogP contribution is -2.44. The number of aromatic nitrogens is 2. The third-order valence-corrected chi connectivity index (χ3v) is 6.63. The van der Waals surface area contributed by atoms with Crippen LogP contribution in [0.1, 0.15) is 12.6 Å². The lowest BCUT2D eigenvalue weighted by Gasteiger charge is -2.30. The number of rotatable bonds is 8. The summed E-state index contributed by atoms with van der Waals surface area (Å²) in [4.78, 5) is 36.0. The Kier molecular flexibility index (Phi) is 5.77. The highest BCUT2D eigenvalue weighted by molar-refractivity contribution is 7.47. The molecular weight excluding hydrogens is 427 g/mol. The summed E-state index contributed by atoms with van der Waals surface area (Å²) in [5.41, 5.74) is -2.85. The van der Waals surface area contributed by atoms with Gasteiger partial charge in [-0.25, -0.2) is 9.36 Å². The number of aliphatic hydroxyl groups excluding tert-OH is 1. The van der Waals surface area contributed by atoms with E-state index in [1.54, 1.807) is 0 Å². The molecule has 0 aromatic carbocycles. The Morgan fingerprint density at radius 3 is 2.70 bits per heavy atom. The molecule has 1 aromatic heterocycles. The summed E-state index contributed by atoms with van der Waals surface area (Å²) in [7, 11) is -1.98. The number of phosphoric acid groups is 1. The van der Waals surface area contributed by atoms with Gasteiger partial charge in [-0.3, -0.25) is 23.4 Å². The van der Waals surface area contributed by atoms with Gasteiger partial charge in [0.2, 0.25) is 0 Å². The fraction of sp³-hybridized carbons (Fsp3) is 0.750. The van der Waals surface area contributed by atoms with E-state index in [1.807, 2.05) is 0 Å². The molecule has 2 aliphatic heterocycles. The van der Waals surface area contributed by atoms with Gasteiger partial charge in [0.1, 0.15) is 30.5 Å². The molecule has 3 fully saturated rings. The van der Waals surface area contributed by atoms with Gasteiger partial charge in [0.05, 0.1) is 6.61 Å². The van der Waals surface area contributed by atoms with Gasteiger partial charge in [-0.2, -0.15) is 0 Å². The van der Waals surface area contributed by atoms with Crippen molar-refractivity contribution in [3.63, 3.8) is 0 Å². The Morgan fingerprint density at radius 2 is 2.07 bits per heavy atom. The van der Waals surface area contributed by atoms with E-state index in [0.29, 0.717) is 6.42 Å². The molecule has 0 amide bonds. The van der Waals surface area contributed by atoms with E-state index >= 15 is 0 Å². The Labute approximate surface area is 170 Å². The van der Waals surface area contributed by atoms with Crippen molar-refractivity contribution < 1.29 is 42.6 Å². The zero-order chi connectivity index (χ0) is 21.7. The van der Waals surface area contributed by atoms with E-state index in [4.69, 9.17) is 28.0 Å². The second kappa shape index (κ2) is 7.93. The SMILES string of the molecule is COC1[C@H]2O[C@@H](n3ccc(=O)[nH]c3=O)[C@H](OC)[C@@]12OP(=O)(O)O[C@H]1CCO[C@@H]1CO. The Morgan fingerprint density at radius 1 is 1.33 bits per heavy atom. The number of hydrogen-bond acceptors (Lipinski definition) is 10. The predicted molar refractivity (Wildman–Crippen MR) is 96.8 cm³/mol. The van der Waals surface area contributed by atoms with E-state index in [1.165, 1.54) is 20.4 Å². The van der Waals surface area contributed by atoms with Crippen LogP contribution < -0.4 is 11.2 Å². The number of H-pyrrole nitrogens is 1. The van der Waals surface area contributed by atoms with Crippen molar-refractivity contribution in [1.29, 1.82) is 0 Å². The molecule has 0 bridgehead atoms.